The average molecular weight is 437 g/mol. The number of amides is 1. The summed E-state index contributed by atoms with van der Waals surface area (Å²) >= 11 is 4.52. The average Bonchev–Trinajstić information content (AvgIpc) is 2.94. The number of hydrogen-bond acceptors (Lipinski definition) is 4. The fourth-order valence-corrected chi connectivity index (χ4v) is 6.68. The SMILES string of the molecule is CCCC(C)(C)NC(=O)C1CCN(S(=O)(=O)c2ccc(Br)s2)CC1. The van der Waals surface area contributed by atoms with E-state index in [0.717, 1.165) is 16.6 Å². The molecule has 1 aromatic rings. The molecule has 0 aliphatic carbocycles. The van der Waals surface area contributed by atoms with Gasteiger partial charge in [-0.25, -0.2) is 8.42 Å². The van der Waals surface area contributed by atoms with Crippen molar-refractivity contribution < 1.29 is 13.2 Å². The van der Waals surface area contributed by atoms with Gasteiger partial charge < -0.3 is 5.32 Å². The summed E-state index contributed by atoms with van der Waals surface area (Å²) in [6.45, 7) is 6.94. The molecule has 0 radical (unpaired) electrons. The van der Waals surface area contributed by atoms with Gasteiger partial charge in [-0.15, -0.1) is 11.3 Å². The largest absolute Gasteiger partial charge is 0.351 e. The predicted molar refractivity (Wildman–Crippen MR) is 101 cm³/mol. The van der Waals surface area contributed by atoms with E-state index in [0.29, 0.717) is 30.1 Å². The first-order valence-corrected chi connectivity index (χ1v) is 11.3. The number of carbonyl (C=O) groups is 1. The molecule has 2 heterocycles. The smallest absolute Gasteiger partial charge is 0.252 e. The summed E-state index contributed by atoms with van der Waals surface area (Å²) in [4.78, 5) is 12.4. The van der Waals surface area contributed by atoms with Gasteiger partial charge in [0.15, 0.2) is 0 Å². The molecule has 0 saturated carbocycles. The van der Waals surface area contributed by atoms with Crippen molar-refractivity contribution in [1.82, 2.24) is 9.62 Å². The van der Waals surface area contributed by atoms with E-state index >= 15 is 0 Å². The Balaban J connectivity index is 1.95. The summed E-state index contributed by atoms with van der Waals surface area (Å²) in [6.07, 6.45) is 3.08. The van der Waals surface area contributed by atoms with E-state index in [4.69, 9.17) is 0 Å². The van der Waals surface area contributed by atoms with Gasteiger partial charge in [-0.2, -0.15) is 4.31 Å². The molecule has 0 spiro atoms. The predicted octanol–water partition coefficient (Wildman–Crippen LogP) is 3.61. The van der Waals surface area contributed by atoms with Crippen LogP contribution in [0.4, 0.5) is 0 Å². The minimum atomic E-state index is -3.44. The molecule has 1 aromatic heterocycles. The molecular formula is C16H25BrN2O3S2. The van der Waals surface area contributed by atoms with E-state index in [9.17, 15) is 13.2 Å². The Morgan fingerprint density at radius 3 is 2.50 bits per heavy atom. The summed E-state index contributed by atoms with van der Waals surface area (Å²) in [5.74, 6) is -0.0629. The Hall–Kier alpha value is -0.440. The number of nitrogens with zero attached hydrogens (tertiary/aromatic N) is 1. The maximum atomic E-state index is 12.6. The number of nitrogens with one attached hydrogen (secondary N) is 1. The van der Waals surface area contributed by atoms with Crippen LogP contribution in [0.25, 0.3) is 0 Å². The summed E-state index contributed by atoms with van der Waals surface area (Å²) in [5, 5.41) is 3.10. The van der Waals surface area contributed by atoms with Gasteiger partial charge in [0, 0.05) is 24.5 Å². The highest BCUT2D eigenvalue weighted by Gasteiger charge is 2.34. The first kappa shape index (κ1) is 19.9. The molecule has 2 rings (SSSR count). The molecule has 136 valence electrons. The second-order valence-corrected chi connectivity index (χ2v) is 11.5. The fourth-order valence-electron chi connectivity index (χ4n) is 3.04. The van der Waals surface area contributed by atoms with Crippen LogP contribution >= 0.6 is 27.3 Å². The standard InChI is InChI=1S/C16H25BrN2O3S2/c1-4-9-16(2,3)18-15(20)12-7-10-19(11-8-12)24(21,22)14-6-5-13(17)23-14/h5-6,12H,4,7-11H2,1-3H3,(H,18,20). The summed E-state index contributed by atoms with van der Waals surface area (Å²) < 4.78 is 27.9. The summed E-state index contributed by atoms with van der Waals surface area (Å²) in [5.41, 5.74) is -0.210. The van der Waals surface area contributed by atoms with E-state index in [1.54, 1.807) is 12.1 Å². The van der Waals surface area contributed by atoms with Crippen LogP contribution < -0.4 is 5.32 Å². The van der Waals surface area contributed by atoms with E-state index in [-0.39, 0.29) is 17.4 Å². The monoisotopic (exact) mass is 436 g/mol. The lowest BCUT2D eigenvalue weighted by Gasteiger charge is -2.33. The lowest BCUT2D eigenvalue weighted by molar-refractivity contribution is -0.127. The molecule has 1 N–H and O–H groups in total. The number of rotatable bonds is 6. The third-order valence-electron chi connectivity index (χ3n) is 4.30. The zero-order valence-corrected chi connectivity index (χ0v) is 17.6. The Labute approximate surface area is 157 Å². The highest BCUT2D eigenvalue weighted by atomic mass is 79.9. The van der Waals surface area contributed by atoms with Gasteiger partial charge in [-0.3, -0.25) is 4.79 Å². The third-order valence-corrected chi connectivity index (χ3v) is 8.29. The van der Waals surface area contributed by atoms with Crippen molar-refractivity contribution in [3.63, 3.8) is 0 Å². The topological polar surface area (TPSA) is 66.5 Å². The van der Waals surface area contributed by atoms with Gasteiger partial charge in [0.05, 0.1) is 3.79 Å². The molecule has 0 bridgehead atoms. The molecule has 1 fully saturated rings. The van der Waals surface area contributed by atoms with Crippen LogP contribution in [0.1, 0.15) is 46.5 Å². The van der Waals surface area contributed by atoms with Crippen molar-refractivity contribution in [3.05, 3.63) is 15.9 Å². The lowest BCUT2D eigenvalue weighted by atomic mass is 9.93. The van der Waals surface area contributed by atoms with Gasteiger partial charge in [0.2, 0.25) is 5.91 Å². The summed E-state index contributed by atoms with van der Waals surface area (Å²) in [7, 11) is -3.44. The van der Waals surface area contributed by atoms with Crippen molar-refractivity contribution in [2.24, 2.45) is 5.92 Å². The Kier molecular flexibility index (Phi) is 6.50. The van der Waals surface area contributed by atoms with Gasteiger partial charge in [0.1, 0.15) is 4.21 Å². The molecule has 0 unspecified atom stereocenters. The van der Waals surface area contributed by atoms with Gasteiger partial charge in [-0.05, 0) is 61.2 Å². The maximum absolute atomic E-state index is 12.6. The minimum Gasteiger partial charge on any atom is -0.351 e. The quantitative estimate of drug-likeness (QED) is 0.740. The van der Waals surface area contributed by atoms with Crippen molar-refractivity contribution in [1.29, 1.82) is 0 Å². The first-order valence-electron chi connectivity index (χ1n) is 8.23. The number of sulfonamides is 1. The first-order chi connectivity index (χ1) is 11.2. The van der Waals surface area contributed by atoms with E-state index in [1.807, 2.05) is 13.8 Å². The van der Waals surface area contributed by atoms with E-state index in [1.165, 1.54) is 15.6 Å². The van der Waals surface area contributed by atoms with Crippen molar-refractivity contribution >= 4 is 43.2 Å². The van der Waals surface area contributed by atoms with Gasteiger partial charge >= 0.3 is 0 Å². The van der Waals surface area contributed by atoms with Crippen LogP contribution in [0.2, 0.25) is 0 Å². The van der Waals surface area contributed by atoms with E-state index < -0.39 is 10.0 Å². The zero-order chi connectivity index (χ0) is 18.0. The fraction of sp³-hybridized carbons (Fsp3) is 0.688. The number of thiophene rings is 1. The third kappa shape index (κ3) is 4.80. The normalized spacial score (nSPS) is 17.8. The van der Waals surface area contributed by atoms with Crippen molar-refractivity contribution in [2.75, 3.05) is 13.1 Å². The Bertz CT molecular complexity index is 677. The lowest BCUT2D eigenvalue weighted by Crippen LogP contribution is -2.49. The minimum absolute atomic E-state index is 0.0457. The molecule has 0 aromatic carbocycles. The van der Waals surface area contributed by atoms with Crippen LogP contribution in [0.5, 0.6) is 0 Å². The van der Waals surface area contributed by atoms with Crippen LogP contribution in [-0.4, -0.2) is 37.3 Å². The number of piperidine rings is 1. The van der Waals surface area contributed by atoms with Crippen molar-refractivity contribution in [2.45, 2.75) is 56.2 Å². The van der Waals surface area contributed by atoms with Gasteiger partial charge in [0.25, 0.3) is 10.0 Å². The highest BCUT2D eigenvalue weighted by molar-refractivity contribution is 9.11. The maximum Gasteiger partial charge on any atom is 0.252 e. The number of carbonyl (C=O) groups excluding carboxylic acids is 1. The number of halogens is 1. The Morgan fingerprint density at radius 2 is 2.00 bits per heavy atom. The molecule has 0 atom stereocenters. The second kappa shape index (κ2) is 7.85. The molecule has 8 heteroatoms. The molecule has 1 aliphatic rings. The number of hydrogen-bond donors (Lipinski definition) is 1. The Morgan fingerprint density at radius 1 is 1.38 bits per heavy atom. The highest BCUT2D eigenvalue weighted by Crippen LogP contribution is 2.31. The van der Waals surface area contributed by atoms with Gasteiger partial charge in [-0.1, -0.05) is 13.3 Å². The molecule has 1 amide bonds. The summed E-state index contributed by atoms with van der Waals surface area (Å²) in [6, 6.07) is 3.36. The van der Waals surface area contributed by atoms with Crippen molar-refractivity contribution in [3.8, 4) is 0 Å². The molecule has 5 nitrogen and oxygen atoms in total. The molecular weight excluding hydrogens is 412 g/mol. The second-order valence-electron chi connectivity index (χ2n) is 6.86. The van der Waals surface area contributed by atoms with Crippen LogP contribution in [0.3, 0.4) is 0 Å². The van der Waals surface area contributed by atoms with Crippen LogP contribution in [-0.2, 0) is 14.8 Å². The molecule has 24 heavy (non-hydrogen) atoms. The zero-order valence-electron chi connectivity index (χ0n) is 14.3. The molecule has 1 aliphatic heterocycles. The van der Waals surface area contributed by atoms with E-state index in [2.05, 4.69) is 28.2 Å². The molecule has 1 saturated heterocycles. The van der Waals surface area contributed by atoms with Crippen LogP contribution in [0.15, 0.2) is 20.1 Å². The van der Waals surface area contributed by atoms with Crippen LogP contribution in [0, 0.1) is 5.92 Å².